The molecule has 1 nitrogen and oxygen atoms in total. The molecule has 0 bridgehead atoms. The van der Waals surface area contributed by atoms with Crippen LogP contribution in [0.1, 0.15) is 30.9 Å². The van der Waals surface area contributed by atoms with Crippen molar-refractivity contribution in [1.29, 1.82) is 0 Å². The molecule has 0 spiro atoms. The second kappa shape index (κ2) is 9.75. The standard InChI is InChI=1S/C20H17N.C12H12/c1-2-15-11-13-16(14-12-15)21-19-9-5-3-7-17(19)18-8-4-6-10-20(18)21;1-3-7-11(8-4-1)12-9-5-2-6-10-12/h3-14H,2H2,1H3;1,3-5,7-10H,2,6H2. The number of fused-ring (bicyclic) bond motifs is 3. The molecule has 1 heterocycles. The van der Waals surface area contributed by atoms with Gasteiger partial charge in [0.15, 0.2) is 0 Å². The molecule has 1 heteroatoms. The zero-order valence-corrected chi connectivity index (χ0v) is 19.1. The molecule has 1 aromatic heterocycles. The third kappa shape index (κ3) is 4.40. The second-order valence-electron chi connectivity index (χ2n) is 8.39. The van der Waals surface area contributed by atoms with Crippen molar-refractivity contribution in [2.45, 2.75) is 26.2 Å². The van der Waals surface area contributed by atoms with E-state index in [1.807, 2.05) is 0 Å². The number of para-hydroxylation sites is 2. The predicted octanol–water partition coefficient (Wildman–Crippen LogP) is 8.77. The van der Waals surface area contributed by atoms with Gasteiger partial charge in [0.1, 0.15) is 0 Å². The maximum Gasteiger partial charge on any atom is 0.0541 e. The van der Waals surface area contributed by atoms with Crippen LogP contribution in [0.15, 0.2) is 121 Å². The maximum atomic E-state index is 2.35. The third-order valence-corrected chi connectivity index (χ3v) is 6.28. The van der Waals surface area contributed by atoms with E-state index < -0.39 is 0 Å². The molecular weight excluding hydrogens is 398 g/mol. The number of hydrogen-bond acceptors (Lipinski definition) is 0. The fraction of sp³-hybridized carbons (Fsp3) is 0.125. The molecule has 0 amide bonds. The molecule has 0 unspecified atom stereocenters. The molecular formula is C32H29N. The summed E-state index contributed by atoms with van der Waals surface area (Å²) in [5.41, 5.74) is 7.82. The van der Waals surface area contributed by atoms with Crippen LogP contribution in [-0.4, -0.2) is 4.57 Å². The Kier molecular flexibility index (Phi) is 6.21. The number of aromatic nitrogens is 1. The van der Waals surface area contributed by atoms with Crippen molar-refractivity contribution < 1.29 is 0 Å². The Morgan fingerprint density at radius 3 is 1.82 bits per heavy atom. The molecule has 0 saturated carbocycles. The molecule has 0 aliphatic heterocycles. The summed E-state index contributed by atoms with van der Waals surface area (Å²) in [4.78, 5) is 0. The molecule has 162 valence electrons. The lowest BCUT2D eigenvalue weighted by Gasteiger charge is -2.08. The molecule has 0 atom stereocenters. The Balaban J connectivity index is 0.000000162. The predicted molar refractivity (Wildman–Crippen MR) is 143 cm³/mol. The van der Waals surface area contributed by atoms with Crippen molar-refractivity contribution in [3.8, 4) is 5.69 Å². The summed E-state index contributed by atoms with van der Waals surface area (Å²) >= 11 is 0. The summed E-state index contributed by atoms with van der Waals surface area (Å²) in [5.74, 6) is 0. The topological polar surface area (TPSA) is 4.93 Å². The highest BCUT2D eigenvalue weighted by atomic mass is 15.0. The van der Waals surface area contributed by atoms with Crippen LogP contribution >= 0.6 is 0 Å². The van der Waals surface area contributed by atoms with Gasteiger partial charge in [0.05, 0.1) is 11.0 Å². The van der Waals surface area contributed by atoms with Gasteiger partial charge in [-0.2, -0.15) is 0 Å². The van der Waals surface area contributed by atoms with Crippen LogP contribution in [0.4, 0.5) is 0 Å². The highest BCUT2D eigenvalue weighted by molar-refractivity contribution is 6.09. The summed E-state index contributed by atoms with van der Waals surface area (Å²) in [6.07, 6.45) is 10.2. The largest absolute Gasteiger partial charge is 0.309 e. The average molecular weight is 428 g/mol. The van der Waals surface area contributed by atoms with Crippen molar-refractivity contribution in [1.82, 2.24) is 4.57 Å². The van der Waals surface area contributed by atoms with Crippen LogP contribution in [0.5, 0.6) is 0 Å². The Morgan fingerprint density at radius 2 is 1.24 bits per heavy atom. The van der Waals surface area contributed by atoms with Gasteiger partial charge in [0.25, 0.3) is 0 Å². The lowest BCUT2D eigenvalue weighted by molar-refractivity contribution is 1.04. The monoisotopic (exact) mass is 427 g/mol. The molecule has 6 rings (SSSR count). The number of rotatable bonds is 3. The molecule has 0 radical (unpaired) electrons. The van der Waals surface area contributed by atoms with E-state index in [0.717, 1.165) is 6.42 Å². The molecule has 4 aromatic carbocycles. The van der Waals surface area contributed by atoms with Crippen LogP contribution in [0, 0.1) is 0 Å². The molecule has 1 aliphatic rings. The van der Waals surface area contributed by atoms with Crippen molar-refractivity contribution in [2.24, 2.45) is 0 Å². The number of aryl methyl sites for hydroxylation is 1. The van der Waals surface area contributed by atoms with Gasteiger partial charge in [-0.1, -0.05) is 104 Å². The Bertz CT molecular complexity index is 1360. The van der Waals surface area contributed by atoms with E-state index in [0.29, 0.717) is 0 Å². The van der Waals surface area contributed by atoms with E-state index in [9.17, 15) is 0 Å². The minimum atomic E-state index is 1.08. The van der Waals surface area contributed by atoms with E-state index in [4.69, 9.17) is 0 Å². The van der Waals surface area contributed by atoms with Gasteiger partial charge in [0.2, 0.25) is 0 Å². The zero-order chi connectivity index (χ0) is 22.5. The first-order valence-corrected chi connectivity index (χ1v) is 11.8. The summed E-state index contributed by atoms with van der Waals surface area (Å²) in [6, 6.07) is 36.6. The van der Waals surface area contributed by atoms with E-state index in [1.165, 1.54) is 57.0 Å². The zero-order valence-electron chi connectivity index (χ0n) is 19.1. The molecule has 1 aliphatic carbocycles. The third-order valence-electron chi connectivity index (χ3n) is 6.28. The van der Waals surface area contributed by atoms with Crippen molar-refractivity contribution in [3.63, 3.8) is 0 Å². The second-order valence-corrected chi connectivity index (χ2v) is 8.39. The van der Waals surface area contributed by atoms with Crippen molar-refractivity contribution >= 4 is 27.4 Å². The van der Waals surface area contributed by atoms with Crippen molar-refractivity contribution in [2.75, 3.05) is 0 Å². The Morgan fingerprint density at radius 1 is 0.636 bits per heavy atom. The summed E-state index contributed by atoms with van der Waals surface area (Å²) in [6.45, 7) is 2.19. The van der Waals surface area contributed by atoms with Crippen molar-refractivity contribution in [3.05, 3.63) is 132 Å². The van der Waals surface area contributed by atoms with E-state index in [2.05, 4.69) is 133 Å². The number of benzene rings is 4. The fourth-order valence-corrected chi connectivity index (χ4v) is 4.54. The van der Waals surface area contributed by atoms with Crippen LogP contribution in [0.2, 0.25) is 0 Å². The first-order valence-electron chi connectivity index (χ1n) is 11.8. The molecule has 33 heavy (non-hydrogen) atoms. The fourth-order valence-electron chi connectivity index (χ4n) is 4.54. The van der Waals surface area contributed by atoms with E-state index in [-0.39, 0.29) is 0 Å². The molecule has 0 N–H and O–H groups in total. The van der Waals surface area contributed by atoms with Crippen LogP contribution < -0.4 is 0 Å². The normalized spacial score (nSPS) is 12.9. The quantitative estimate of drug-likeness (QED) is 0.271. The minimum Gasteiger partial charge on any atom is -0.309 e. The molecule has 0 fully saturated rings. The molecule has 0 saturated heterocycles. The first kappa shape index (κ1) is 21.0. The van der Waals surface area contributed by atoms with Crippen LogP contribution in [0.3, 0.4) is 0 Å². The number of nitrogens with zero attached hydrogens (tertiary/aromatic N) is 1. The number of hydrogen-bond donors (Lipinski definition) is 0. The Labute approximate surface area is 196 Å². The van der Waals surface area contributed by atoms with Gasteiger partial charge in [-0.15, -0.1) is 0 Å². The van der Waals surface area contributed by atoms with E-state index >= 15 is 0 Å². The van der Waals surface area contributed by atoms with Gasteiger partial charge in [-0.25, -0.2) is 0 Å². The lowest BCUT2D eigenvalue weighted by Crippen LogP contribution is -1.93. The Hall–Kier alpha value is -3.84. The summed E-state index contributed by atoms with van der Waals surface area (Å²) in [5, 5.41) is 2.63. The van der Waals surface area contributed by atoms with Gasteiger partial charge in [-0.05, 0) is 60.2 Å². The molecule has 5 aromatic rings. The van der Waals surface area contributed by atoms with E-state index in [1.54, 1.807) is 0 Å². The highest BCUT2D eigenvalue weighted by Crippen LogP contribution is 2.31. The van der Waals surface area contributed by atoms with Gasteiger partial charge in [0, 0.05) is 16.5 Å². The van der Waals surface area contributed by atoms with Crippen LogP contribution in [-0.2, 0) is 6.42 Å². The smallest absolute Gasteiger partial charge is 0.0541 e. The lowest BCUT2D eigenvalue weighted by atomic mass is 10.00. The first-order chi connectivity index (χ1) is 16.3. The summed E-state index contributed by atoms with van der Waals surface area (Å²) in [7, 11) is 0. The minimum absolute atomic E-state index is 1.08. The van der Waals surface area contributed by atoms with Gasteiger partial charge in [-0.3, -0.25) is 0 Å². The summed E-state index contributed by atoms with van der Waals surface area (Å²) < 4.78 is 2.35. The average Bonchev–Trinajstić information content (AvgIpc) is 3.25. The van der Waals surface area contributed by atoms with Crippen LogP contribution in [0.25, 0.3) is 33.1 Å². The highest BCUT2D eigenvalue weighted by Gasteiger charge is 2.10. The van der Waals surface area contributed by atoms with Gasteiger partial charge < -0.3 is 4.57 Å². The maximum absolute atomic E-state index is 2.35. The van der Waals surface area contributed by atoms with Gasteiger partial charge >= 0.3 is 0 Å². The number of allylic oxidation sites excluding steroid dienone is 4. The SMILES string of the molecule is C1=CC(c2ccccc2)=CCC1.CCc1ccc(-n2c3ccccc3c3ccccc32)cc1.